The summed E-state index contributed by atoms with van der Waals surface area (Å²) in [5.74, 6) is -0.0883. The molecule has 0 spiro atoms. The van der Waals surface area contributed by atoms with E-state index in [4.69, 9.17) is 14.0 Å². The lowest BCUT2D eigenvalue weighted by atomic mass is 10.1. The van der Waals surface area contributed by atoms with Gasteiger partial charge in [0.2, 0.25) is 0 Å². The Morgan fingerprint density at radius 2 is 1.60 bits per heavy atom. The van der Waals surface area contributed by atoms with E-state index in [0.717, 1.165) is 0 Å². The molecule has 2 N–H and O–H groups in total. The third-order valence-electron chi connectivity index (χ3n) is 5.10. The van der Waals surface area contributed by atoms with Gasteiger partial charge in [-0.1, -0.05) is 17.3 Å². The molecule has 0 unspecified atom stereocenters. The highest BCUT2D eigenvalue weighted by Crippen LogP contribution is 2.33. The fraction of sp³-hybridized carbons (Fsp3) is 0.0833. The summed E-state index contributed by atoms with van der Waals surface area (Å²) in [5.41, 5.74) is 0.842. The Hall–Kier alpha value is -4.38. The van der Waals surface area contributed by atoms with E-state index in [1.165, 1.54) is 54.6 Å². The minimum atomic E-state index is -3.88. The number of carbonyl (C=O) groups excluding carboxylic acids is 1. The summed E-state index contributed by atoms with van der Waals surface area (Å²) in [4.78, 5) is 12.5. The molecule has 1 aliphatic rings. The molecule has 1 aliphatic heterocycles. The molecule has 1 amide bonds. The summed E-state index contributed by atoms with van der Waals surface area (Å²) in [6, 6.07) is 17.7. The van der Waals surface area contributed by atoms with Crippen LogP contribution in [-0.4, -0.2) is 32.7 Å². The summed E-state index contributed by atoms with van der Waals surface area (Å²) in [5, 5.41) is 6.33. The van der Waals surface area contributed by atoms with Crippen LogP contribution in [0.2, 0.25) is 0 Å². The molecular formula is C24H18FN3O6S. The molecule has 5 rings (SSSR count). The second-order valence-electron chi connectivity index (χ2n) is 7.50. The van der Waals surface area contributed by atoms with Crippen molar-refractivity contribution < 1.29 is 31.6 Å². The zero-order valence-corrected chi connectivity index (χ0v) is 18.8. The van der Waals surface area contributed by atoms with Crippen LogP contribution in [-0.2, 0) is 10.0 Å². The van der Waals surface area contributed by atoms with E-state index in [0.29, 0.717) is 36.1 Å². The lowest BCUT2D eigenvalue weighted by Crippen LogP contribution is -2.17. The van der Waals surface area contributed by atoms with E-state index in [9.17, 15) is 17.6 Å². The predicted octanol–water partition coefficient (Wildman–Crippen LogP) is 4.31. The number of halogens is 1. The van der Waals surface area contributed by atoms with Gasteiger partial charge < -0.3 is 19.3 Å². The van der Waals surface area contributed by atoms with Crippen LogP contribution >= 0.6 is 0 Å². The number of fused-ring (bicyclic) bond motifs is 1. The monoisotopic (exact) mass is 495 g/mol. The Balaban J connectivity index is 1.25. The van der Waals surface area contributed by atoms with Gasteiger partial charge in [-0.05, 0) is 48.5 Å². The van der Waals surface area contributed by atoms with E-state index in [-0.39, 0.29) is 21.9 Å². The van der Waals surface area contributed by atoms with Crippen molar-refractivity contribution in [2.24, 2.45) is 0 Å². The van der Waals surface area contributed by atoms with Gasteiger partial charge >= 0.3 is 0 Å². The van der Waals surface area contributed by atoms with Crippen LogP contribution in [0, 0.1) is 5.82 Å². The number of hydrogen-bond acceptors (Lipinski definition) is 7. The number of benzene rings is 3. The summed E-state index contributed by atoms with van der Waals surface area (Å²) >= 11 is 0. The molecule has 0 aliphatic carbocycles. The standard InChI is InChI=1S/C24H18FN3O6S/c25-19-4-2-1-3-18(19)22-14-20(27-34-22)24(29)26-15-5-7-16(8-6-15)28-35(30,31)17-9-10-21-23(13-17)33-12-11-32-21/h1-10,13-14,28H,11-12H2,(H,26,29). The van der Waals surface area contributed by atoms with Crippen molar-refractivity contribution in [1.82, 2.24) is 5.16 Å². The lowest BCUT2D eigenvalue weighted by molar-refractivity contribution is 0.101. The Kier molecular flexibility index (Phi) is 5.83. The third-order valence-corrected chi connectivity index (χ3v) is 6.48. The lowest BCUT2D eigenvalue weighted by Gasteiger charge is -2.19. The van der Waals surface area contributed by atoms with E-state index in [1.54, 1.807) is 18.2 Å². The van der Waals surface area contributed by atoms with Gasteiger partial charge in [0, 0.05) is 23.5 Å². The summed E-state index contributed by atoms with van der Waals surface area (Å²) in [6.45, 7) is 0.750. The molecule has 1 aromatic heterocycles. The zero-order chi connectivity index (χ0) is 24.4. The molecule has 3 aromatic carbocycles. The second kappa shape index (κ2) is 9.11. The van der Waals surface area contributed by atoms with Gasteiger partial charge in [0.1, 0.15) is 19.0 Å². The van der Waals surface area contributed by atoms with Crippen molar-refractivity contribution in [3.8, 4) is 22.8 Å². The number of nitrogens with one attached hydrogen (secondary N) is 2. The summed E-state index contributed by atoms with van der Waals surface area (Å²) < 4.78 is 57.9. The van der Waals surface area contributed by atoms with Gasteiger partial charge in [-0.25, -0.2) is 12.8 Å². The van der Waals surface area contributed by atoms with Crippen molar-refractivity contribution >= 4 is 27.3 Å². The van der Waals surface area contributed by atoms with Crippen molar-refractivity contribution in [3.05, 3.63) is 84.3 Å². The maximum Gasteiger partial charge on any atom is 0.277 e. The molecule has 4 aromatic rings. The maximum absolute atomic E-state index is 13.9. The number of aromatic nitrogens is 1. The number of rotatable bonds is 6. The summed E-state index contributed by atoms with van der Waals surface area (Å²) in [7, 11) is -3.88. The van der Waals surface area contributed by atoms with Crippen molar-refractivity contribution in [1.29, 1.82) is 0 Å². The van der Waals surface area contributed by atoms with E-state index in [1.807, 2.05) is 0 Å². The number of carbonyl (C=O) groups is 1. The van der Waals surface area contributed by atoms with Gasteiger partial charge in [-0.3, -0.25) is 9.52 Å². The van der Waals surface area contributed by atoms with E-state index < -0.39 is 21.7 Å². The number of nitrogens with zero attached hydrogens (tertiary/aromatic N) is 1. The highest BCUT2D eigenvalue weighted by molar-refractivity contribution is 7.92. The first kappa shape index (κ1) is 22.4. The van der Waals surface area contributed by atoms with E-state index >= 15 is 0 Å². The molecule has 0 radical (unpaired) electrons. The average molecular weight is 495 g/mol. The third kappa shape index (κ3) is 4.80. The first-order valence-corrected chi connectivity index (χ1v) is 11.9. The van der Waals surface area contributed by atoms with Crippen LogP contribution in [0.3, 0.4) is 0 Å². The fourth-order valence-corrected chi connectivity index (χ4v) is 4.47. The number of amides is 1. The van der Waals surface area contributed by atoms with Gasteiger partial charge in [0.25, 0.3) is 15.9 Å². The van der Waals surface area contributed by atoms with Gasteiger partial charge in [0.05, 0.1) is 10.5 Å². The number of anilines is 2. The largest absolute Gasteiger partial charge is 0.486 e. The van der Waals surface area contributed by atoms with Gasteiger partial charge in [-0.15, -0.1) is 0 Å². The molecule has 0 fully saturated rings. The van der Waals surface area contributed by atoms with Crippen LogP contribution in [0.15, 0.2) is 82.2 Å². The van der Waals surface area contributed by atoms with Crippen LogP contribution in [0.5, 0.6) is 11.5 Å². The topological polar surface area (TPSA) is 120 Å². The van der Waals surface area contributed by atoms with Crippen LogP contribution < -0.4 is 19.5 Å². The number of sulfonamides is 1. The highest BCUT2D eigenvalue weighted by atomic mass is 32.2. The van der Waals surface area contributed by atoms with Gasteiger partial charge in [-0.2, -0.15) is 0 Å². The SMILES string of the molecule is O=C(Nc1ccc(NS(=O)(=O)c2ccc3c(c2)OCCO3)cc1)c1cc(-c2ccccc2F)on1. The van der Waals surface area contributed by atoms with Crippen molar-refractivity contribution in [3.63, 3.8) is 0 Å². The van der Waals surface area contributed by atoms with E-state index in [2.05, 4.69) is 15.2 Å². The fourth-order valence-electron chi connectivity index (χ4n) is 3.39. The molecule has 2 heterocycles. The Morgan fingerprint density at radius 1 is 0.886 bits per heavy atom. The predicted molar refractivity (Wildman–Crippen MR) is 125 cm³/mol. The molecule has 0 bridgehead atoms. The Bertz CT molecular complexity index is 1500. The van der Waals surface area contributed by atoms with Gasteiger partial charge in [0.15, 0.2) is 23.0 Å². The molecule has 9 nitrogen and oxygen atoms in total. The molecule has 0 saturated carbocycles. The Labute approximate surface area is 199 Å². The summed E-state index contributed by atoms with van der Waals surface area (Å²) in [6.07, 6.45) is 0. The zero-order valence-electron chi connectivity index (χ0n) is 18.0. The first-order valence-electron chi connectivity index (χ1n) is 10.4. The minimum Gasteiger partial charge on any atom is -0.486 e. The smallest absolute Gasteiger partial charge is 0.277 e. The van der Waals surface area contributed by atoms with Crippen molar-refractivity contribution in [2.75, 3.05) is 23.3 Å². The minimum absolute atomic E-state index is 0.0239. The molecule has 35 heavy (non-hydrogen) atoms. The molecule has 0 saturated heterocycles. The number of ether oxygens (including phenoxy) is 2. The second-order valence-corrected chi connectivity index (χ2v) is 9.18. The van der Waals surface area contributed by atoms with Crippen LogP contribution in [0.1, 0.15) is 10.5 Å². The Morgan fingerprint density at radius 3 is 2.37 bits per heavy atom. The first-order chi connectivity index (χ1) is 16.9. The molecular weight excluding hydrogens is 477 g/mol. The number of hydrogen-bond donors (Lipinski definition) is 2. The highest BCUT2D eigenvalue weighted by Gasteiger charge is 2.20. The molecule has 178 valence electrons. The van der Waals surface area contributed by atoms with Crippen LogP contribution in [0.25, 0.3) is 11.3 Å². The molecule has 11 heteroatoms. The quantitative estimate of drug-likeness (QED) is 0.409. The van der Waals surface area contributed by atoms with Crippen LogP contribution in [0.4, 0.5) is 15.8 Å². The normalized spacial score (nSPS) is 12.7. The molecule has 0 atom stereocenters. The average Bonchev–Trinajstić information content (AvgIpc) is 3.35. The van der Waals surface area contributed by atoms with Crippen molar-refractivity contribution in [2.45, 2.75) is 4.90 Å². The maximum atomic E-state index is 13.9.